The summed E-state index contributed by atoms with van der Waals surface area (Å²) in [4.78, 5) is 33.8. The number of hydrogen-bond acceptors (Lipinski definition) is 6. The highest BCUT2D eigenvalue weighted by atomic mass is 79.9. The Balaban J connectivity index is 1.39. The number of aromatic nitrogens is 3. The first-order chi connectivity index (χ1) is 18.9. The van der Waals surface area contributed by atoms with E-state index in [9.17, 15) is 14.0 Å². The van der Waals surface area contributed by atoms with Gasteiger partial charge in [-0.25, -0.2) is 4.39 Å². The lowest BCUT2D eigenvalue weighted by Gasteiger charge is -2.17. The molecule has 0 aliphatic carbocycles. The number of thiazole rings is 1. The molecule has 6 rings (SSSR count). The highest BCUT2D eigenvalue weighted by molar-refractivity contribution is 9.10. The van der Waals surface area contributed by atoms with Gasteiger partial charge in [-0.2, -0.15) is 9.50 Å². The molecule has 1 aliphatic rings. The van der Waals surface area contributed by atoms with E-state index in [4.69, 9.17) is 4.74 Å². The molecule has 1 amide bonds. The second-order valence-electron chi connectivity index (χ2n) is 9.15. The van der Waals surface area contributed by atoms with Crippen molar-refractivity contribution in [3.05, 3.63) is 103 Å². The van der Waals surface area contributed by atoms with Gasteiger partial charge in [0.15, 0.2) is 5.82 Å². The lowest BCUT2D eigenvalue weighted by Crippen LogP contribution is -2.32. The van der Waals surface area contributed by atoms with Crippen molar-refractivity contribution in [1.82, 2.24) is 14.6 Å². The number of ether oxygens (including phenoxy) is 1. The van der Waals surface area contributed by atoms with Crippen molar-refractivity contribution < 1.29 is 13.9 Å². The third kappa shape index (κ3) is 4.74. The average molecular weight is 605 g/mol. The second-order valence-corrected chi connectivity index (χ2v) is 11.0. The molecule has 2 aromatic heterocycles. The molecule has 39 heavy (non-hydrogen) atoms. The molecule has 0 saturated carbocycles. The van der Waals surface area contributed by atoms with Gasteiger partial charge in [0.1, 0.15) is 16.1 Å². The number of nitrogens with zero attached hydrogens (tertiary/aromatic N) is 4. The normalized spacial score (nSPS) is 14.3. The second kappa shape index (κ2) is 10.3. The number of unbranched alkanes of at least 4 members (excludes halogenated alkanes) is 1. The molecule has 0 unspecified atom stereocenters. The summed E-state index contributed by atoms with van der Waals surface area (Å²) >= 11 is 4.62. The van der Waals surface area contributed by atoms with Crippen LogP contribution in [0.2, 0.25) is 0 Å². The number of hydrogen-bond donors (Lipinski definition) is 0. The molecule has 3 heterocycles. The Morgan fingerprint density at radius 3 is 2.51 bits per heavy atom. The van der Waals surface area contributed by atoms with Crippen molar-refractivity contribution in [2.24, 2.45) is 0 Å². The molecule has 0 bridgehead atoms. The molecule has 0 N–H and O–H groups in total. The molecule has 0 fully saturated rings. The first-order valence-electron chi connectivity index (χ1n) is 12.5. The van der Waals surface area contributed by atoms with Gasteiger partial charge in [-0.3, -0.25) is 9.59 Å². The Morgan fingerprint density at radius 2 is 1.79 bits per heavy atom. The topological polar surface area (TPSA) is 76.8 Å². The number of carbonyl (C=O) groups excluding carboxylic acids is 1. The largest absolute Gasteiger partial charge is 0.494 e. The molecule has 10 heteroatoms. The van der Waals surface area contributed by atoms with Crippen LogP contribution in [0.15, 0.2) is 76.0 Å². The van der Waals surface area contributed by atoms with Crippen LogP contribution in [-0.2, 0) is 11.3 Å². The van der Waals surface area contributed by atoms with Gasteiger partial charge in [0.25, 0.3) is 11.5 Å². The summed E-state index contributed by atoms with van der Waals surface area (Å²) in [7, 11) is 0. The van der Waals surface area contributed by atoms with Crippen LogP contribution in [-0.4, -0.2) is 27.1 Å². The number of benzene rings is 3. The molecule has 0 saturated heterocycles. The highest BCUT2D eigenvalue weighted by Crippen LogP contribution is 2.38. The maximum absolute atomic E-state index is 13.7. The molecule has 0 radical (unpaired) electrons. The van der Waals surface area contributed by atoms with Gasteiger partial charge in [-0.15, -0.1) is 5.10 Å². The SMILES string of the molecule is CCCCOc1ccc(-c2nc3sc(=C4C(=O)N(Cc5ccc(F)cc5)c5ccc(Br)cc54)c(=O)n3n2)cc1. The minimum atomic E-state index is -0.397. The summed E-state index contributed by atoms with van der Waals surface area (Å²) < 4.78 is 21.5. The summed E-state index contributed by atoms with van der Waals surface area (Å²) in [6.45, 7) is 3.02. The summed E-state index contributed by atoms with van der Waals surface area (Å²) in [5, 5.41) is 4.45. The minimum absolute atomic E-state index is 0.245. The zero-order valence-electron chi connectivity index (χ0n) is 20.9. The zero-order chi connectivity index (χ0) is 27.1. The molecule has 196 valence electrons. The predicted molar refractivity (Wildman–Crippen MR) is 152 cm³/mol. The Bertz CT molecular complexity index is 1820. The van der Waals surface area contributed by atoms with Gasteiger partial charge in [0.2, 0.25) is 4.96 Å². The zero-order valence-corrected chi connectivity index (χ0v) is 23.3. The van der Waals surface area contributed by atoms with E-state index < -0.39 is 5.56 Å². The summed E-state index contributed by atoms with van der Waals surface area (Å²) in [5.41, 5.74) is 2.78. The lowest BCUT2D eigenvalue weighted by molar-refractivity contribution is -0.113. The van der Waals surface area contributed by atoms with Crippen molar-refractivity contribution in [2.45, 2.75) is 26.3 Å². The number of halogens is 2. The number of anilines is 1. The van der Waals surface area contributed by atoms with E-state index in [1.165, 1.54) is 16.6 Å². The molecular weight excluding hydrogens is 583 g/mol. The lowest BCUT2D eigenvalue weighted by atomic mass is 10.1. The average Bonchev–Trinajstić information content (AvgIpc) is 3.56. The van der Waals surface area contributed by atoms with Crippen LogP contribution in [0.25, 0.3) is 21.9 Å². The van der Waals surface area contributed by atoms with Gasteiger partial charge in [-0.05, 0) is 66.6 Å². The monoisotopic (exact) mass is 604 g/mol. The van der Waals surface area contributed by atoms with Crippen molar-refractivity contribution >= 4 is 49.4 Å². The van der Waals surface area contributed by atoms with Crippen molar-refractivity contribution in [3.8, 4) is 17.1 Å². The number of amides is 1. The Morgan fingerprint density at radius 1 is 1.03 bits per heavy atom. The Labute approximate surface area is 235 Å². The molecule has 3 aromatic carbocycles. The van der Waals surface area contributed by atoms with E-state index in [0.717, 1.165) is 45.5 Å². The molecule has 0 spiro atoms. The van der Waals surface area contributed by atoms with Gasteiger partial charge in [0, 0.05) is 15.6 Å². The number of carbonyl (C=O) groups is 1. The van der Waals surface area contributed by atoms with Crippen LogP contribution in [0.5, 0.6) is 5.75 Å². The Kier molecular flexibility index (Phi) is 6.74. The van der Waals surface area contributed by atoms with Crippen LogP contribution < -0.4 is 19.7 Å². The minimum Gasteiger partial charge on any atom is -0.494 e. The first-order valence-corrected chi connectivity index (χ1v) is 14.1. The molecule has 0 atom stereocenters. The van der Waals surface area contributed by atoms with Crippen molar-refractivity contribution in [1.29, 1.82) is 0 Å². The molecular formula is C29H22BrFN4O3S. The van der Waals surface area contributed by atoms with Gasteiger partial charge in [0.05, 0.1) is 24.4 Å². The van der Waals surface area contributed by atoms with E-state index in [2.05, 4.69) is 32.9 Å². The number of rotatable bonds is 7. The van der Waals surface area contributed by atoms with Gasteiger partial charge >= 0.3 is 0 Å². The molecule has 5 aromatic rings. The van der Waals surface area contributed by atoms with Crippen molar-refractivity contribution in [2.75, 3.05) is 11.5 Å². The van der Waals surface area contributed by atoms with Crippen LogP contribution in [0.4, 0.5) is 10.1 Å². The van der Waals surface area contributed by atoms with Gasteiger partial charge < -0.3 is 9.64 Å². The van der Waals surface area contributed by atoms with Crippen LogP contribution in [0, 0.1) is 5.82 Å². The molecule has 1 aliphatic heterocycles. The first kappa shape index (κ1) is 25.4. The summed E-state index contributed by atoms with van der Waals surface area (Å²) in [5.74, 6) is 0.553. The third-order valence-corrected chi connectivity index (χ3v) is 8.02. The molecule has 7 nitrogen and oxygen atoms in total. The van der Waals surface area contributed by atoms with E-state index >= 15 is 0 Å². The van der Waals surface area contributed by atoms with E-state index in [-0.39, 0.29) is 22.8 Å². The highest BCUT2D eigenvalue weighted by Gasteiger charge is 2.34. The van der Waals surface area contributed by atoms with E-state index in [0.29, 0.717) is 34.2 Å². The fourth-order valence-electron chi connectivity index (χ4n) is 4.49. The van der Waals surface area contributed by atoms with Crippen LogP contribution >= 0.6 is 27.3 Å². The van der Waals surface area contributed by atoms with Gasteiger partial charge in [-0.1, -0.05) is 52.7 Å². The fraction of sp³-hybridized carbons (Fsp3) is 0.172. The third-order valence-electron chi connectivity index (χ3n) is 6.50. The standard InChI is InChI=1S/C29H22BrFN4O3S/c1-2-3-14-38-21-11-6-18(7-12-21)26-32-29-35(33-26)28(37)25(39-29)24-22-15-19(30)8-13-23(22)34(27(24)36)16-17-4-9-20(31)10-5-17/h4-13,15H,2-3,14,16H2,1H3. The van der Waals surface area contributed by atoms with E-state index in [1.54, 1.807) is 17.0 Å². The fourth-order valence-corrected chi connectivity index (χ4v) is 5.85. The smallest absolute Gasteiger partial charge is 0.291 e. The predicted octanol–water partition coefficient (Wildman–Crippen LogP) is 5.36. The van der Waals surface area contributed by atoms with Crippen LogP contribution in [0.3, 0.4) is 0 Å². The maximum Gasteiger partial charge on any atom is 0.291 e. The quantitative estimate of drug-likeness (QED) is 0.234. The summed E-state index contributed by atoms with van der Waals surface area (Å²) in [6.07, 6.45) is 2.05. The Hall–Kier alpha value is -3.89. The summed E-state index contributed by atoms with van der Waals surface area (Å²) in [6, 6.07) is 19.0. The van der Waals surface area contributed by atoms with Crippen molar-refractivity contribution in [3.63, 3.8) is 0 Å². The van der Waals surface area contributed by atoms with E-state index in [1.807, 2.05) is 42.5 Å². The number of fused-ring (bicyclic) bond motifs is 2. The maximum atomic E-state index is 13.7. The van der Waals surface area contributed by atoms with Crippen LogP contribution in [0.1, 0.15) is 30.9 Å².